The number of rotatable bonds is 6. The average molecular weight is 300 g/mol. The van der Waals surface area contributed by atoms with Crippen molar-refractivity contribution in [3.05, 3.63) is 0 Å². The van der Waals surface area contributed by atoms with E-state index in [1.165, 1.54) is 0 Å². The minimum absolute atomic E-state index is 0.280. The fraction of sp³-hybridized carbons (Fsp3) is 1.00. The van der Waals surface area contributed by atoms with E-state index in [2.05, 4.69) is 51.8 Å². The molecule has 0 aliphatic carbocycles. The van der Waals surface area contributed by atoms with Crippen LogP contribution in [-0.4, -0.2) is 63.5 Å². The van der Waals surface area contributed by atoms with Crippen LogP contribution in [0.4, 0.5) is 0 Å². The molecule has 2 unspecified atom stereocenters. The number of piperazine rings is 1. The Morgan fingerprint density at radius 3 is 2.19 bits per heavy atom. The van der Waals surface area contributed by atoms with Crippen LogP contribution in [0.25, 0.3) is 0 Å². The van der Waals surface area contributed by atoms with Gasteiger partial charge >= 0.3 is 0 Å². The Kier molecular flexibility index (Phi) is 7.11. The van der Waals surface area contributed by atoms with Crippen LogP contribution in [0.3, 0.4) is 0 Å². The molecule has 1 fully saturated rings. The lowest BCUT2D eigenvalue weighted by Gasteiger charge is -2.49. The van der Waals surface area contributed by atoms with Crippen LogP contribution >= 0.6 is 0 Å². The van der Waals surface area contributed by atoms with E-state index in [-0.39, 0.29) is 10.8 Å². The normalized spacial score (nSPS) is 25.3. The van der Waals surface area contributed by atoms with E-state index in [4.69, 9.17) is 9.47 Å². The van der Waals surface area contributed by atoms with Crippen molar-refractivity contribution in [2.75, 3.05) is 46.6 Å². The maximum Gasteiger partial charge on any atom is 0.0700 e. The summed E-state index contributed by atoms with van der Waals surface area (Å²) >= 11 is 0. The molecule has 4 nitrogen and oxygen atoms in total. The molecule has 21 heavy (non-hydrogen) atoms. The maximum absolute atomic E-state index is 5.67. The lowest BCUT2D eigenvalue weighted by molar-refractivity contribution is 0.000314. The molecule has 2 atom stereocenters. The van der Waals surface area contributed by atoms with E-state index in [0.717, 1.165) is 26.2 Å². The first-order valence-corrected chi connectivity index (χ1v) is 8.20. The van der Waals surface area contributed by atoms with Gasteiger partial charge in [-0.1, -0.05) is 41.5 Å². The van der Waals surface area contributed by atoms with Crippen LogP contribution in [0.5, 0.6) is 0 Å². The zero-order valence-corrected chi connectivity index (χ0v) is 15.2. The van der Waals surface area contributed by atoms with Crippen molar-refractivity contribution in [1.29, 1.82) is 0 Å². The van der Waals surface area contributed by atoms with Gasteiger partial charge in [0, 0.05) is 38.8 Å². The second kappa shape index (κ2) is 7.91. The molecule has 0 aromatic carbocycles. The Hall–Kier alpha value is -0.160. The van der Waals surface area contributed by atoms with Gasteiger partial charge in [0.05, 0.1) is 19.8 Å². The number of methoxy groups -OCH3 is 1. The van der Waals surface area contributed by atoms with Crippen LogP contribution in [0.2, 0.25) is 0 Å². The van der Waals surface area contributed by atoms with Crippen LogP contribution in [-0.2, 0) is 9.47 Å². The zero-order valence-electron chi connectivity index (χ0n) is 15.2. The van der Waals surface area contributed by atoms with Gasteiger partial charge in [-0.15, -0.1) is 0 Å². The molecule has 0 saturated carbocycles. The molecule has 0 amide bonds. The van der Waals surface area contributed by atoms with Crippen molar-refractivity contribution >= 4 is 0 Å². The number of hydrogen-bond acceptors (Lipinski definition) is 4. The minimum atomic E-state index is 0.280. The second-order valence-electron chi connectivity index (χ2n) is 8.31. The van der Waals surface area contributed by atoms with Gasteiger partial charge in [0.25, 0.3) is 0 Å². The molecule has 0 spiro atoms. The minimum Gasteiger partial charge on any atom is -0.382 e. The van der Waals surface area contributed by atoms with Gasteiger partial charge in [0.15, 0.2) is 0 Å². The topological polar surface area (TPSA) is 33.7 Å². The van der Waals surface area contributed by atoms with E-state index in [9.17, 15) is 0 Å². The molecule has 1 saturated heterocycles. The maximum atomic E-state index is 5.67. The van der Waals surface area contributed by atoms with Crippen molar-refractivity contribution in [2.45, 2.75) is 53.6 Å². The smallest absolute Gasteiger partial charge is 0.0700 e. The lowest BCUT2D eigenvalue weighted by atomic mass is 9.79. The summed E-state index contributed by atoms with van der Waals surface area (Å²) < 4.78 is 10.7. The largest absolute Gasteiger partial charge is 0.382 e. The van der Waals surface area contributed by atoms with Gasteiger partial charge in [0.2, 0.25) is 0 Å². The molecule has 126 valence electrons. The molecular weight excluding hydrogens is 264 g/mol. The Balaban J connectivity index is 2.57. The van der Waals surface area contributed by atoms with Crippen LogP contribution < -0.4 is 5.32 Å². The Labute approximate surface area is 131 Å². The summed E-state index contributed by atoms with van der Waals surface area (Å²) in [4.78, 5) is 2.61. The number of nitrogens with one attached hydrogen (secondary N) is 1. The number of nitrogens with zero attached hydrogens (tertiary/aromatic N) is 1. The fourth-order valence-electron chi connectivity index (χ4n) is 2.92. The van der Waals surface area contributed by atoms with Crippen LogP contribution in [0, 0.1) is 10.8 Å². The second-order valence-corrected chi connectivity index (χ2v) is 8.31. The Morgan fingerprint density at radius 1 is 1.00 bits per heavy atom. The number of ether oxygens (including phenoxy) is 2. The predicted octanol–water partition coefficient (Wildman–Crippen LogP) is 2.38. The van der Waals surface area contributed by atoms with Crippen molar-refractivity contribution in [3.8, 4) is 0 Å². The third-order valence-corrected chi connectivity index (χ3v) is 4.42. The van der Waals surface area contributed by atoms with Crippen LogP contribution in [0.15, 0.2) is 0 Å². The molecule has 1 N–H and O–H groups in total. The molecule has 1 aliphatic heterocycles. The highest BCUT2D eigenvalue weighted by atomic mass is 16.5. The third kappa shape index (κ3) is 6.23. The van der Waals surface area contributed by atoms with Gasteiger partial charge in [0.1, 0.15) is 0 Å². The first-order chi connectivity index (χ1) is 9.66. The molecule has 0 aromatic rings. The van der Waals surface area contributed by atoms with E-state index in [1.807, 2.05) is 0 Å². The highest BCUT2D eigenvalue weighted by Crippen LogP contribution is 2.30. The van der Waals surface area contributed by atoms with Crippen LogP contribution in [0.1, 0.15) is 41.5 Å². The standard InChI is InChI=1S/C17H36N2O2/c1-16(2,3)14-13-19(8-9-21-11-10-20-7)15(12-18-14)17(4,5)6/h14-15,18H,8-13H2,1-7H3. The van der Waals surface area contributed by atoms with Crippen molar-refractivity contribution < 1.29 is 9.47 Å². The molecule has 0 bridgehead atoms. The molecule has 1 heterocycles. The summed E-state index contributed by atoms with van der Waals surface area (Å²) in [6.07, 6.45) is 0. The third-order valence-electron chi connectivity index (χ3n) is 4.42. The summed E-state index contributed by atoms with van der Waals surface area (Å²) in [6.45, 7) is 19.2. The predicted molar refractivity (Wildman–Crippen MR) is 88.8 cm³/mol. The molecule has 1 rings (SSSR count). The van der Waals surface area contributed by atoms with E-state index < -0.39 is 0 Å². The van der Waals surface area contributed by atoms with Gasteiger partial charge in [-0.3, -0.25) is 4.90 Å². The monoisotopic (exact) mass is 300 g/mol. The summed E-state index contributed by atoms with van der Waals surface area (Å²) in [5, 5.41) is 3.75. The van der Waals surface area contributed by atoms with Crippen molar-refractivity contribution in [3.63, 3.8) is 0 Å². The van der Waals surface area contributed by atoms with Gasteiger partial charge in [-0.05, 0) is 10.8 Å². The van der Waals surface area contributed by atoms with Gasteiger partial charge < -0.3 is 14.8 Å². The Bertz CT molecular complexity index is 294. The van der Waals surface area contributed by atoms with E-state index in [1.54, 1.807) is 7.11 Å². The lowest BCUT2D eigenvalue weighted by Crippen LogP contribution is -2.63. The first-order valence-electron chi connectivity index (χ1n) is 8.20. The Morgan fingerprint density at radius 2 is 1.67 bits per heavy atom. The molecule has 1 aliphatic rings. The quantitative estimate of drug-likeness (QED) is 0.764. The summed E-state index contributed by atoms with van der Waals surface area (Å²) in [5.41, 5.74) is 0.570. The fourth-order valence-corrected chi connectivity index (χ4v) is 2.92. The van der Waals surface area contributed by atoms with E-state index >= 15 is 0 Å². The molecule has 0 aromatic heterocycles. The molecular formula is C17H36N2O2. The summed E-state index contributed by atoms with van der Waals surface area (Å²) in [7, 11) is 1.71. The zero-order chi connectivity index (χ0) is 16.1. The van der Waals surface area contributed by atoms with Crippen molar-refractivity contribution in [2.24, 2.45) is 10.8 Å². The highest BCUT2D eigenvalue weighted by molar-refractivity contribution is 4.95. The first kappa shape index (κ1) is 18.9. The molecule has 4 heteroatoms. The highest BCUT2D eigenvalue weighted by Gasteiger charge is 2.38. The van der Waals surface area contributed by atoms with E-state index in [0.29, 0.717) is 25.3 Å². The average Bonchev–Trinajstić information content (AvgIpc) is 2.36. The van der Waals surface area contributed by atoms with Gasteiger partial charge in [-0.25, -0.2) is 0 Å². The summed E-state index contributed by atoms with van der Waals surface area (Å²) in [5.74, 6) is 0. The number of hydrogen-bond donors (Lipinski definition) is 1. The SMILES string of the molecule is COCCOCCN1CC(C(C)(C)C)NCC1C(C)(C)C. The summed E-state index contributed by atoms with van der Waals surface area (Å²) in [6, 6.07) is 1.09. The molecule has 0 radical (unpaired) electrons. The van der Waals surface area contributed by atoms with Gasteiger partial charge in [-0.2, -0.15) is 0 Å². The van der Waals surface area contributed by atoms with Crippen molar-refractivity contribution in [1.82, 2.24) is 10.2 Å².